The van der Waals surface area contributed by atoms with Gasteiger partial charge in [-0.05, 0) is 41.8 Å². The van der Waals surface area contributed by atoms with Gasteiger partial charge in [0.2, 0.25) is 0 Å². The molecule has 10 nitrogen and oxygen atoms in total. The van der Waals surface area contributed by atoms with E-state index < -0.39 is 5.97 Å². The predicted molar refractivity (Wildman–Crippen MR) is 133 cm³/mol. The topological polar surface area (TPSA) is 121 Å². The molecule has 184 valence electrons. The van der Waals surface area contributed by atoms with Crippen LogP contribution >= 0.6 is 0 Å². The molecule has 0 radical (unpaired) electrons. The molecular weight excluding hydrogens is 470 g/mol. The molecule has 1 aliphatic rings. The second kappa shape index (κ2) is 9.30. The lowest BCUT2D eigenvalue weighted by Gasteiger charge is -2.12. The van der Waals surface area contributed by atoms with Gasteiger partial charge in [0.1, 0.15) is 24.2 Å². The van der Waals surface area contributed by atoms with Gasteiger partial charge in [-0.3, -0.25) is 4.68 Å². The molecule has 3 aromatic heterocycles. The highest BCUT2D eigenvalue weighted by atomic mass is 16.5. The molecule has 0 bridgehead atoms. The number of carboxylic acid groups (broad SMARTS) is 1. The molecule has 6 rings (SSSR count). The molecule has 2 atom stereocenters. The number of benzene rings is 2. The van der Waals surface area contributed by atoms with Crippen molar-refractivity contribution in [1.82, 2.24) is 34.7 Å². The van der Waals surface area contributed by atoms with E-state index in [1.54, 1.807) is 21.8 Å². The Kier molecular flexibility index (Phi) is 5.68. The molecule has 5 aromatic rings. The van der Waals surface area contributed by atoms with Gasteiger partial charge in [0.25, 0.3) is 0 Å². The van der Waals surface area contributed by atoms with Crippen LogP contribution in [0.1, 0.15) is 45.6 Å². The third-order valence-electron chi connectivity index (χ3n) is 6.46. The van der Waals surface area contributed by atoms with Gasteiger partial charge in [-0.2, -0.15) is 5.10 Å². The first kappa shape index (κ1) is 22.6. The average molecular weight is 494 g/mol. The summed E-state index contributed by atoms with van der Waals surface area (Å²) >= 11 is 0. The highest BCUT2D eigenvalue weighted by Crippen LogP contribution is 2.55. The van der Waals surface area contributed by atoms with Crippen LogP contribution in [0.25, 0.3) is 16.8 Å². The fraction of sp³-hybridized carbons (Fsp3) is 0.185. The first-order valence-corrected chi connectivity index (χ1v) is 11.8. The molecule has 0 unspecified atom stereocenters. The number of nitrogens with zero attached hydrogens (tertiary/aromatic N) is 7. The van der Waals surface area contributed by atoms with Gasteiger partial charge >= 0.3 is 5.97 Å². The minimum Gasteiger partial charge on any atom is -0.489 e. The molecule has 0 amide bonds. The normalized spacial score (nSPS) is 16.5. The molecule has 0 aliphatic heterocycles. The zero-order chi connectivity index (χ0) is 25.4. The van der Waals surface area contributed by atoms with Crippen molar-refractivity contribution in [2.24, 2.45) is 7.05 Å². The zero-order valence-corrected chi connectivity index (χ0v) is 20.0. The van der Waals surface area contributed by atoms with E-state index >= 15 is 0 Å². The smallest absolute Gasteiger partial charge is 0.339 e. The van der Waals surface area contributed by atoms with Crippen LogP contribution < -0.4 is 4.74 Å². The summed E-state index contributed by atoms with van der Waals surface area (Å²) in [5, 5.41) is 22.6. The fourth-order valence-corrected chi connectivity index (χ4v) is 4.60. The first-order chi connectivity index (χ1) is 18.1. The number of carbonyl (C=O) groups is 1. The highest BCUT2D eigenvalue weighted by Gasteiger charge is 2.46. The van der Waals surface area contributed by atoms with E-state index in [-0.39, 0.29) is 17.4 Å². The third kappa shape index (κ3) is 4.56. The number of hydrogen-bond donors (Lipinski definition) is 1. The lowest BCUT2D eigenvalue weighted by Crippen LogP contribution is -2.06. The summed E-state index contributed by atoms with van der Waals surface area (Å²) in [4.78, 5) is 20.1. The molecule has 2 aromatic carbocycles. The maximum Gasteiger partial charge on any atom is 0.339 e. The number of aryl methyl sites for hydroxylation is 1. The number of ether oxygens (including phenoxy) is 1. The Morgan fingerprint density at radius 1 is 1.05 bits per heavy atom. The molecule has 1 fully saturated rings. The number of hydrogen-bond acceptors (Lipinski definition) is 7. The minimum absolute atomic E-state index is 0.00708. The van der Waals surface area contributed by atoms with Gasteiger partial charge in [-0.15, -0.1) is 5.10 Å². The van der Waals surface area contributed by atoms with Gasteiger partial charge in [0.05, 0.1) is 23.3 Å². The van der Waals surface area contributed by atoms with Crippen LogP contribution in [0.15, 0.2) is 79.6 Å². The van der Waals surface area contributed by atoms with Gasteiger partial charge < -0.3 is 9.84 Å². The van der Waals surface area contributed by atoms with E-state index in [9.17, 15) is 9.90 Å². The van der Waals surface area contributed by atoms with E-state index in [4.69, 9.17) is 4.74 Å². The summed E-state index contributed by atoms with van der Waals surface area (Å²) in [6, 6.07) is 15.7. The van der Waals surface area contributed by atoms with Crippen molar-refractivity contribution in [3.63, 3.8) is 0 Å². The van der Waals surface area contributed by atoms with Crippen molar-refractivity contribution >= 4 is 5.97 Å². The van der Waals surface area contributed by atoms with Crippen LogP contribution in [0.5, 0.6) is 5.75 Å². The van der Waals surface area contributed by atoms with Crippen molar-refractivity contribution in [2.75, 3.05) is 0 Å². The van der Waals surface area contributed by atoms with Crippen molar-refractivity contribution < 1.29 is 14.6 Å². The molecule has 0 spiro atoms. The monoisotopic (exact) mass is 493 g/mol. The SMILES string of the molecule is Cn1cc([C@H]2C[C@@H]2c2c(C(=O)O)cnn2-c2cccc(-c3cccc(OCc4cncnc4)c3)c2)nn1. The van der Waals surface area contributed by atoms with Gasteiger partial charge in [0.15, 0.2) is 0 Å². The quantitative estimate of drug-likeness (QED) is 0.344. The van der Waals surface area contributed by atoms with E-state index in [0.29, 0.717) is 12.3 Å². The van der Waals surface area contributed by atoms with Crippen molar-refractivity contribution in [1.29, 1.82) is 0 Å². The number of rotatable bonds is 8. The Morgan fingerprint density at radius 3 is 2.59 bits per heavy atom. The number of aromatic nitrogens is 7. The summed E-state index contributed by atoms with van der Waals surface area (Å²) < 4.78 is 9.34. The molecule has 37 heavy (non-hydrogen) atoms. The van der Waals surface area contributed by atoms with E-state index in [2.05, 4.69) is 25.4 Å². The van der Waals surface area contributed by atoms with Crippen LogP contribution in [0, 0.1) is 0 Å². The predicted octanol–water partition coefficient (Wildman–Crippen LogP) is 4.01. The summed E-state index contributed by atoms with van der Waals surface area (Å²) in [5.74, 6) is -0.137. The third-order valence-corrected chi connectivity index (χ3v) is 6.46. The Balaban J connectivity index is 1.29. The van der Waals surface area contributed by atoms with Crippen LogP contribution in [-0.2, 0) is 13.7 Å². The molecular formula is C27H23N7O3. The largest absolute Gasteiger partial charge is 0.489 e. The van der Waals surface area contributed by atoms with E-state index in [1.807, 2.05) is 61.8 Å². The molecule has 1 N–H and O–H groups in total. The molecule has 3 heterocycles. The van der Waals surface area contributed by atoms with Crippen LogP contribution in [0.4, 0.5) is 0 Å². The molecule has 1 aliphatic carbocycles. The maximum atomic E-state index is 12.0. The van der Waals surface area contributed by atoms with Gasteiger partial charge in [-0.25, -0.2) is 19.4 Å². The minimum atomic E-state index is -0.990. The zero-order valence-electron chi connectivity index (χ0n) is 20.0. The average Bonchev–Trinajstić information content (AvgIpc) is 3.37. The second-order valence-electron chi connectivity index (χ2n) is 9.04. The Hall–Kier alpha value is -4.86. The summed E-state index contributed by atoms with van der Waals surface area (Å²) in [7, 11) is 1.82. The molecule has 0 saturated heterocycles. The van der Waals surface area contributed by atoms with Crippen LogP contribution in [0.2, 0.25) is 0 Å². The standard InChI is InChI=1S/C27H23N7O3/c1-33-14-25(31-32-33)22-10-23(22)26-24(27(35)36)13-30-34(26)20-6-2-4-18(8-20)19-5-3-7-21(9-19)37-15-17-11-28-16-29-12-17/h2-9,11-14,16,22-23H,10,15H2,1H3,(H,35,36)/t22-,23-/m0/s1. The fourth-order valence-electron chi connectivity index (χ4n) is 4.60. The van der Waals surface area contributed by atoms with Crippen molar-refractivity contribution in [2.45, 2.75) is 24.9 Å². The van der Waals surface area contributed by atoms with Crippen LogP contribution in [0.3, 0.4) is 0 Å². The Morgan fingerprint density at radius 2 is 1.84 bits per heavy atom. The highest BCUT2D eigenvalue weighted by molar-refractivity contribution is 5.89. The van der Waals surface area contributed by atoms with Gasteiger partial charge in [-0.1, -0.05) is 29.5 Å². The summed E-state index contributed by atoms with van der Waals surface area (Å²) in [6.45, 7) is 0.368. The second-order valence-corrected chi connectivity index (χ2v) is 9.04. The van der Waals surface area contributed by atoms with Crippen molar-refractivity contribution in [3.05, 3.63) is 102 Å². The van der Waals surface area contributed by atoms with Crippen molar-refractivity contribution in [3.8, 4) is 22.6 Å². The van der Waals surface area contributed by atoms with Gasteiger partial charge in [0, 0.05) is 43.0 Å². The lowest BCUT2D eigenvalue weighted by molar-refractivity contribution is 0.0695. The van der Waals surface area contributed by atoms with E-state index in [0.717, 1.165) is 40.2 Å². The lowest BCUT2D eigenvalue weighted by atomic mass is 10.0. The first-order valence-electron chi connectivity index (χ1n) is 11.8. The number of carboxylic acids is 1. The van der Waals surface area contributed by atoms with E-state index in [1.165, 1.54) is 12.5 Å². The molecule has 10 heteroatoms. The Bertz CT molecular complexity index is 1580. The summed E-state index contributed by atoms with van der Waals surface area (Å²) in [5.41, 5.74) is 5.37. The summed E-state index contributed by atoms with van der Waals surface area (Å²) in [6.07, 6.45) is 9.05. The maximum absolute atomic E-state index is 12.0. The van der Waals surface area contributed by atoms with Crippen LogP contribution in [-0.4, -0.2) is 45.8 Å². The number of aromatic carboxylic acids is 1. The Labute approximate surface area is 212 Å². The molecule has 1 saturated carbocycles.